The van der Waals surface area contributed by atoms with Crippen molar-refractivity contribution < 1.29 is 9.90 Å². The van der Waals surface area contributed by atoms with Gasteiger partial charge in [-0.1, -0.05) is 11.8 Å². The topological polar surface area (TPSA) is 40.5 Å². The molecule has 3 nitrogen and oxygen atoms in total. The van der Waals surface area contributed by atoms with E-state index >= 15 is 0 Å². The van der Waals surface area contributed by atoms with E-state index in [9.17, 15) is 4.79 Å². The van der Waals surface area contributed by atoms with Crippen molar-refractivity contribution in [2.75, 3.05) is 7.05 Å². The monoisotopic (exact) mass is 147 g/mol. The molecule has 0 aromatic heterocycles. The van der Waals surface area contributed by atoms with E-state index in [4.69, 9.17) is 5.11 Å². The van der Waals surface area contributed by atoms with E-state index in [0.717, 1.165) is 0 Å². The van der Waals surface area contributed by atoms with Crippen molar-refractivity contribution in [3.05, 3.63) is 0 Å². The first-order valence-electron chi connectivity index (χ1n) is 2.73. The molecule has 1 rings (SSSR count). The summed E-state index contributed by atoms with van der Waals surface area (Å²) >= 11 is 1.27. The van der Waals surface area contributed by atoms with E-state index in [1.807, 2.05) is 6.92 Å². The van der Waals surface area contributed by atoms with E-state index < -0.39 is 5.44 Å². The zero-order valence-electron chi connectivity index (χ0n) is 5.37. The van der Waals surface area contributed by atoms with Gasteiger partial charge in [-0.15, -0.1) is 0 Å². The van der Waals surface area contributed by atoms with Crippen molar-refractivity contribution in [2.45, 2.75) is 17.7 Å². The second kappa shape index (κ2) is 2.19. The van der Waals surface area contributed by atoms with Gasteiger partial charge in [0.15, 0.2) is 5.44 Å². The lowest BCUT2D eigenvalue weighted by atomic mass is 10.5. The Morgan fingerprint density at radius 3 is 2.44 bits per heavy atom. The molecule has 1 heterocycles. The third-order valence-corrected chi connectivity index (χ3v) is 2.60. The van der Waals surface area contributed by atoms with Gasteiger partial charge >= 0.3 is 0 Å². The number of amides is 1. The third kappa shape index (κ3) is 1.04. The average molecular weight is 147 g/mol. The fourth-order valence-electron chi connectivity index (χ4n) is 0.689. The highest BCUT2D eigenvalue weighted by Gasteiger charge is 2.33. The number of carbonyl (C=O) groups is 1. The first-order valence-corrected chi connectivity index (χ1v) is 3.67. The number of carbonyl (C=O) groups excluding carboxylic acids is 1. The van der Waals surface area contributed by atoms with Gasteiger partial charge in [0.25, 0.3) is 5.91 Å². The Bertz CT molecular complexity index is 139. The fraction of sp³-hybridized carbons (Fsp3) is 0.800. The molecule has 52 valence electrons. The smallest absolute Gasteiger partial charge is 0.262 e. The quantitative estimate of drug-likeness (QED) is 0.518. The van der Waals surface area contributed by atoms with Gasteiger partial charge in [0, 0.05) is 7.05 Å². The number of rotatable bonds is 0. The zero-order chi connectivity index (χ0) is 7.02. The summed E-state index contributed by atoms with van der Waals surface area (Å²) in [7, 11) is 1.69. The third-order valence-electron chi connectivity index (χ3n) is 1.43. The lowest BCUT2D eigenvalue weighted by molar-refractivity contribution is -0.133. The lowest BCUT2D eigenvalue weighted by Crippen LogP contribution is -2.28. The molecular weight excluding hydrogens is 138 g/mol. The van der Waals surface area contributed by atoms with Crippen LogP contribution in [0.3, 0.4) is 0 Å². The molecular formula is C5H9NO2S. The van der Waals surface area contributed by atoms with Crippen LogP contribution in [-0.2, 0) is 4.79 Å². The average Bonchev–Trinajstić information content (AvgIpc) is 1.98. The summed E-state index contributed by atoms with van der Waals surface area (Å²) < 4.78 is 0. The molecule has 1 amide bonds. The van der Waals surface area contributed by atoms with Crippen molar-refractivity contribution in [3.8, 4) is 0 Å². The Labute approximate surface area is 58.0 Å². The van der Waals surface area contributed by atoms with Crippen molar-refractivity contribution in [1.29, 1.82) is 0 Å². The predicted octanol–water partition coefficient (Wildman–Crippen LogP) is -0.144. The Morgan fingerprint density at radius 1 is 1.78 bits per heavy atom. The van der Waals surface area contributed by atoms with E-state index in [-0.39, 0.29) is 11.3 Å². The summed E-state index contributed by atoms with van der Waals surface area (Å²) in [6, 6.07) is 0. The minimum Gasteiger partial charge on any atom is -0.373 e. The summed E-state index contributed by atoms with van der Waals surface area (Å²) in [6.45, 7) is 1.89. The number of hydrogen-bond donors (Lipinski definition) is 1. The van der Waals surface area contributed by atoms with E-state index in [1.54, 1.807) is 7.05 Å². The molecule has 1 saturated heterocycles. The number of aliphatic hydroxyl groups excluding tert-OH is 1. The van der Waals surface area contributed by atoms with Crippen LogP contribution in [0.5, 0.6) is 0 Å². The number of nitrogens with zero attached hydrogens (tertiary/aromatic N) is 1. The minimum absolute atomic E-state index is 0.118. The van der Waals surface area contributed by atoms with Crippen LogP contribution >= 0.6 is 11.8 Å². The number of thioether (sulfide) groups is 1. The normalized spacial score (nSPS) is 35.9. The Hall–Kier alpha value is -0.220. The molecule has 0 aliphatic carbocycles. The largest absolute Gasteiger partial charge is 0.373 e. The van der Waals surface area contributed by atoms with Crippen molar-refractivity contribution in [1.82, 2.24) is 4.90 Å². The van der Waals surface area contributed by atoms with E-state index in [0.29, 0.717) is 0 Å². The summed E-state index contributed by atoms with van der Waals surface area (Å²) in [4.78, 5) is 12.3. The summed E-state index contributed by atoms with van der Waals surface area (Å²) in [5.74, 6) is -0.187. The Balaban J connectivity index is 2.65. The minimum atomic E-state index is -0.829. The van der Waals surface area contributed by atoms with Crippen molar-refractivity contribution in [3.63, 3.8) is 0 Å². The summed E-state index contributed by atoms with van der Waals surface area (Å²) in [6.07, 6.45) is 0. The second-order valence-electron chi connectivity index (χ2n) is 2.04. The SMILES string of the molecule is CC1SC(O)C(=O)N1C. The van der Waals surface area contributed by atoms with E-state index in [2.05, 4.69) is 0 Å². The standard InChI is InChI=1S/C5H9NO2S/c1-3-6(2)4(7)5(8)9-3/h3,5,8H,1-2H3. The van der Waals surface area contributed by atoms with Gasteiger partial charge in [0.1, 0.15) is 0 Å². The molecule has 1 N–H and O–H groups in total. The molecule has 1 fully saturated rings. The fourth-order valence-corrected chi connectivity index (χ4v) is 1.63. The summed E-state index contributed by atoms with van der Waals surface area (Å²) in [5, 5.41) is 9.03. The van der Waals surface area contributed by atoms with Crippen LogP contribution < -0.4 is 0 Å². The van der Waals surface area contributed by atoms with E-state index in [1.165, 1.54) is 16.7 Å². The van der Waals surface area contributed by atoms with Gasteiger partial charge in [0.05, 0.1) is 5.37 Å². The predicted molar refractivity (Wildman–Crippen MR) is 35.8 cm³/mol. The Kier molecular flexibility index (Phi) is 1.68. The van der Waals surface area contributed by atoms with Crippen LogP contribution in [-0.4, -0.2) is 33.8 Å². The maximum absolute atomic E-state index is 10.8. The maximum atomic E-state index is 10.8. The number of hydrogen-bond acceptors (Lipinski definition) is 3. The van der Waals surface area contributed by atoms with Crippen LogP contribution in [0.1, 0.15) is 6.92 Å². The van der Waals surface area contributed by atoms with Gasteiger partial charge in [-0.3, -0.25) is 4.79 Å². The van der Waals surface area contributed by atoms with Crippen LogP contribution in [0.15, 0.2) is 0 Å². The van der Waals surface area contributed by atoms with Gasteiger partial charge < -0.3 is 10.0 Å². The molecule has 0 radical (unpaired) electrons. The summed E-state index contributed by atoms with van der Waals surface area (Å²) in [5.41, 5.74) is -0.829. The van der Waals surface area contributed by atoms with Crippen molar-refractivity contribution >= 4 is 17.7 Å². The molecule has 1 aliphatic rings. The molecule has 2 atom stereocenters. The molecule has 0 aromatic rings. The molecule has 0 bridgehead atoms. The molecule has 0 spiro atoms. The highest BCUT2D eigenvalue weighted by Crippen LogP contribution is 2.27. The van der Waals surface area contributed by atoms with Gasteiger partial charge in [-0.05, 0) is 6.92 Å². The first-order chi connectivity index (χ1) is 4.13. The zero-order valence-corrected chi connectivity index (χ0v) is 6.18. The molecule has 0 saturated carbocycles. The van der Waals surface area contributed by atoms with Crippen LogP contribution in [0.25, 0.3) is 0 Å². The lowest BCUT2D eigenvalue weighted by Gasteiger charge is -2.11. The van der Waals surface area contributed by atoms with Crippen LogP contribution in [0.2, 0.25) is 0 Å². The Morgan fingerprint density at radius 2 is 2.33 bits per heavy atom. The number of likely N-dealkylation sites (N-methyl/N-ethyl adjacent to an activating group) is 1. The number of aliphatic hydroxyl groups is 1. The highest BCUT2D eigenvalue weighted by atomic mass is 32.2. The molecule has 2 unspecified atom stereocenters. The first kappa shape index (κ1) is 6.89. The molecule has 1 aliphatic heterocycles. The molecule has 4 heteroatoms. The van der Waals surface area contributed by atoms with Crippen LogP contribution in [0, 0.1) is 0 Å². The molecule has 9 heavy (non-hydrogen) atoms. The van der Waals surface area contributed by atoms with Crippen molar-refractivity contribution in [2.24, 2.45) is 0 Å². The van der Waals surface area contributed by atoms with Gasteiger partial charge in [0.2, 0.25) is 0 Å². The second-order valence-corrected chi connectivity index (χ2v) is 3.44. The highest BCUT2D eigenvalue weighted by molar-refractivity contribution is 8.01. The van der Waals surface area contributed by atoms with Gasteiger partial charge in [-0.2, -0.15) is 0 Å². The van der Waals surface area contributed by atoms with Crippen LogP contribution in [0.4, 0.5) is 0 Å². The maximum Gasteiger partial charge on any atom is 0.262 e. The van der Waals surface area contributed by atoms with Gasteiger partial charge in [-0.25, -0.2) is 0 Å². The molecule has 0 aromatic carbocycles.